The van der Waals surface area contributed by atoms with Gasteiger partial charge in [-0.1, -0.05) is 0 Å². The van der Waals surface area contributed by atoms with Gasteiger partial charge in [0.2, 0.25) is 5.95 Å². The number of aromatic nitrogens is 6. The molecule has 1 aromatic carbocycles. The Morgan fingerprint density at radius 1 is 0.905 bits per heavy atom. The van der Waals surface area contributed by atoms with E-state index in [-0.39, 0.29) is 0 Å². The summed E-state index contributed by atoms with van der Waals surface area (Å²) in [4.78, 5) is 26.4. The largest absolute Gasteiger partial charge is 0.366 e. The van der Waals surface area contributed by atoms with Crippen LogP contribution in [0.1, 0.15) is 0 Å². The number of nitrogens with one attached hydrogen (secondary N) is 1. The molecule has 3 aromatic rings. The van der Waals surface area contributed by atoms with Gasteiger partial charge < -0.3 is 5.32 Å². The molecule has 4 rings (SSSR count). The Balaban J connectivity index is 1.78. The maximum absolute atomic E-state index is 4.18. The van der Waals surface area contributed by atoms with Gasteiger partial charge in [-0.3, -0.25) is 4.90 Å². The van der Waals surface area contributed by atoms with E-state index < -0.39 is 0 Å². The Kier molecular flexibility index (Phi) is 2.63. The maximum Gasteiger partial charge on any atom is 0.234 e. The molecule has 1 N–H and O–H groups in total. The predicted octanol–water partition coefficient (Wildman–Crippen LogP) is 1.24. The van der Waals surface area contributed by atoms with E-state index in [0.717, 1.165) is 16.9 Å². The SMILES string of the molecule is c1ncnc(-c2ccc3c(c2)N(c2ncncn2)CN3)n1. The number of anilines is 3. The lowest BCUT2D eigenvalue weighted by atomic mass is 10.1. The lowest BCUT2D eigenvalue weighted by Gasteiger charge is -2.15. The van der Waals surface area contributed by atoms with Crippen molar-refractivity contribution in [2.24, 2.45) is 0 Å². The van der Waals surface area contributed by atoms with Gasteiger partial charge in [-0.25, -0.2) is 29.9 Å². The fraction of sp³-hybridized carbons (Fsp3) is 0.0769. The Hall–Kier alpha value is -3.16. The third-order valence-corrected chi connectivity index (χ3v) is 3.19. The number of hydrogen-bond acceptors (Lipinski definition) is 8. The van der Waals surface area contributed by atoms with Crippen LogP contribution in [0.5, 0.6) is 0 Å². The topological polar surface area (TPSA) is 92.6 Å². The second-order valence-corrected chi connectivity index (χ2v) is 4.39. The normalized spacial score (nSPS) is 12.9. The minimum absolute atomic E-state index is 0.601. The van der Waals surface area contributed by atoms with Crippen LogP contribution >= 0.6 is 0 Å². The minimum atomic E-state index is 0.601. The molecular weight excluding hydrogens is 268 g/mol. The molecule has 0 radical (unpaired) electrons. The first-order valence-corrected chi connectivity index (χ1v) is 6.32. The number of fused-ring (bicyclic) bond motifs is 1. The second kappa shape index (κ2) is 4.75. The van der Waals surface area contributed by atoms with Crippen LogP contribution in [-0.2, 0) is 0 Å². The van der Waals surface area contributed by atoms with Gasteiger partial charge in [-0.05, 0) is 18.2 Å². The van der Waals surface area contributed by atoms with Gasteiger partial charge >= 0.3 is 0 Å². The molecule has 0 spiro atoms. The van der Waals surface area contributed by atoms with Crippen molar-refractivity contribution >= 4 is 17.3 Å². The summed E-state index contributed by atoms with van der Waals surface area (Å²) in [7, 11) is 0. The molecule has 0 unspecified atom stereocenters. The number of rotatable bonds is 2. The van der Waals surface area contributed by atoms with Crippen molar-refractivity contribution in [2.45, 2.75) is 0 Å². The van der Waals surface area contributed by atoms with Crippen molar-refractivity contribution in [3.8, 4) is 11.4 Å². The summed E-state index contributed by atoms with van der Waals surface area (Å²) in [5, 5.41) is 3.30. The summed E-state index contributed by atoms with van der Waals surface area (Å²) in [5.41, 5.74) is 2.92. The van der Waals surface area contributed by atoms with Gasteiger partial charge in [-0.15, -0.1) is 0 Å². The van der Waals surface area contributed by atoms with Gasteiger partial charge in [0.05, 0.1) is 18.0 Å². The molecule has 0 bridgehead atoms. The Morgan fingerprint density at radius 3 is 2.38 bits per heavy atom. The fourth-order valence-electron chi connectivity index (χ4n) is 2.23. The van der Waals surface area contributed by atoms with Crippen LogP contribution < -0.4 is 10.2 Å². The van der Waals surface area contributed by atoms with Crippen LogP contribution in [0.15, 0.2) is 43.5 Å². The highest BCUT2D eigenvalue weighted by Gasteiger charge is 2.22. The lowest BCUT2D eigenvalue weighted by Crippen LogP contribution is -2.19. The van der Waals surface area contributed by atoms with Crippen LogP contribution in [0.2, 0.25) is 0 Å². The first kappa shape index (κ1) is 11.6. The molecule has 0 atom stereocenters. The number of benzene rings is 1. The molecule has 0 aliphatic carbocycles. The van der Waals surface area contributed by atoms with E-state index in [2.05, 4.69) is 35.2 Å². The standard InChI is InChI=1S/C13H10N8/c1-2-10-11(3-9(1)12-16-4-14-5-17-12)21(8-20-10)13-18-6-15-7-19-13/h1-7,20H,8H2. The highest BCUT2D eigenvalue weighted by molar-refractivity contribution is 5.82. The van der Waals surface area contributed by atoms with Crippen molar-refractivity contribution in [3.63, 3.8) is 0 Å². The minimum Gasteiger partial charge on any atom is -0.366 e. The molecule has 0 fully saturated rings. The lowest BCUT2D eigenvalue weighted by molar-refractivity contribution is 0.952. The molecule has 2 aromatic heterocycles. The molecule has 1 aliphatic rings. The summed E-state index contributed by atoms with van der Waals surface area (Å²) in [6.45, 7) is 0.611. The van der Waals surface area contributed by atoms with Crippen LogP contribution in [0.4, 0.5) is 17.3 Å². The zero-order valence-corrected chi connectivity index (χ0v) is 10.9. The molecule has 8 nitrogen and oxygen atoms in total. The molecule has 102 valence electrons. The predicted molar refractivity (Wildman–Crippen MR) is 75.7 cm³/mol. The zero-order valence-electron chi connectivity index (χ0n) is 10.9. The molecule has 0 amide bonds. The molecule has 3 heterocycles. The summed E-state index contributed by atoms with van der Waals surface area (Å²) in [5.74, 6) is 1.24. The van der Waals surface area contributed by atoms with Gasteiger partial charge in [0.25, 0.3) is 0 Å². The van der Waals surface area contributed by atoms with E-state index in [0.29, 0.717) is 18.4 Å². The van der Waals surface area contributed by atoms with Crippen LogP contribution in [0.25, 0.3) is 11.4 Å². The fourth-order valence-corrected chi connectivity index (χ4v) is 2.23. The van der Waals surface area contributed by atoms with Gasteiger partial charge in [0.15, 0.2) is 5.82 Å². The number of nitrogens with zero attached hydrogens (tertiary/aromatic N) is 7. The first-order valence-electron chi connectivity index (χ1n) is 6.32. The maximum atomic E-state index is 4.18. The highest BCUT2D eigenvalue weighted by Crippen LogP contribution is 2.37. The van der Waals surface area contributed by atoms with Crippen LogP contribution in [0, 0.1) is 0 Å². The first-order chi connectivity index (χ1) is 10.4. The third-order valence-electron chi connectivity index (χ3n) is 3.19. The summed E-state index contributed by atoms with van der Waals surface area (Å²) < 4.78 is 0. The second-order valence-electron chi connectivity index (χ2n) is 4.39. The van der Waals surface area contributed by atoms with E-state index in [1.54, 1.807) is 0 Å². The molecule has 1 aliphatic heterocycles. The van der Waals surface area contributed by atoms with Gasteiger partial charge in [0, 0.05) is 5.56 Å². The van der Waals surface area contributed by atoms with Crippen molar-refractivity contribution < 1.29 is 0 Å². The van der Waals surface area contributed by atoms with Crippen molar-refractivity contribution in [3.05, 3.63) is 43.5 Å². The number of hydrogen-bond donors (Lipinski definition) is 1. The van der Waals surface area contributed by atoms with E-state index >= 15 is 0 Å². The van der Waals surface area contributed by atoms with Crippen LogP contribution in [-0.4, -0.2) is 36.6 Å². The summed E-state index contributed by atoms with van der Waals surface area (Å²) in [6.07, 6.45) is 5.93. The molecule has 21 heavy (non-hydrogen) atoms. The molecular formula is C13H10N8. The Morgan fingerprint density at radius 2 is 1.62 bits per heavy atom. The van der Waals surface area contributed by atoms with E-state index in [1.807, 2.05) is 23.1 Å². The highest BCUT2D eigenvalue weighted by atomic mass is 15.4. The quantitative estimate of drug-likeness (QED) is 0.748. The van der Waals surface area contributed by atoms with E-state index in [4.69, 9.17) is 0 Å². The average molecular weight is 278 g/mol. The van der Waals surface area contributed by atoms with Gasteiger partial charge in [-0.2, -0.15) is 0 Å². The average Bonchev–Trinajstić information content (AvgIpc) is 2.99. The molecule has 8 heteroatoms. The smallest absolute Gasteiger partial charge is 0.234 e. The monoisotopic (exact) mass is 278 g/mol. The van der Waals surface area contributed by atoms with E-state index in [9.17, 15) is 0 Å². The van der Waals surface area contributed by atoms with E-state index in [1.165, 1.54) is 25.3 Å². The zero-order chi connectivity index (χ0) is 14.1. The van der Waals surface area contributed by atoms with Crippen molar-refractivity contribution in [1.82, 2.24) is 29.9 Å². The van der Waals surface area contributed by atoms with Gasteiger partial charge in [0.1, 0.15) is 25.3 Å². The third kappa shape index (κ3) is 2.02. The molecule has 0 saturated heterocycles. The Labute approximate surface area is 120 Å². The van der Waals surface area contributed by atoms with Crippen molar-refractivity contribution in [2.75, 3.05) is 16.9 Å². The van der Waals surface area contributed by atoms with Crippen LogP contribution in [0.3, 0.4) is 0 Å². The van der Waals surface area contributed by atoms with Crippen molar-refractivity contribution in [1.29, 1.82) is 0 Å². The summed E-state index contributed by atoms with van der Waals surface area (Å²) in [6, 6.07) is 5.97. The summed E-state index contributed by atoms with van der Waals surface area (Å²) >= 11 is 0. The Bertz CT molecular complexity index is 762. The molecule has 0 saturated carbocycles.